The number of hydrogen-bond acceptors (Lipinski definition) is 3. The molecule has 3 aromatic carbocycles. The van der Waals surface area contributed by atoms with E-state index < -0.39 is 0 Å². The first-order valence-electron chi connectivity index (χ1n) is 15.5. The lowest BCUT2D eigenvalue weighted by Gasteiger charge is -2.40. The van der Waals surface area contributed by atoms with Crippen LogP contribution in [0.25, 0.3) is 0 Å². The highest BCUT2D eigenvalue weighted by Crippen LogP contribution is 2.38. The number of rotatable bonds is 9. The van der Waals surface area contributed by atoms with Crippen molar-refractivity contribution in [2.45, 2.75) is 83.6 Å². The van der Waals surface area contributed by atoms with Crippen molar-refractivity contribution in [2.75, 3.05) is 0 Å². The normalized spacial score (nSPS) is 26.0. The predicted molar refractivity (Wildman–Crippen MR) is 170 cm³/mol. The van der Waals surface area contributed by atoms with Crippen molar-refractivity contribution in [3.8, 4) is 0 Å². The minimum absolute atomic E-state index is 0.0474. The van der Waals surface area contributed by atoms with Crippen molar-refractivity contribution in [3.63, 3.8) is 0 Å². The molecule has 0 N–H and O–H groups in total. The minimum Gasteiger partial charge on any atom is -0.371 e. The Balaban J connectivity index is 1.18. The molecule has 1 saturated heterocycles. The molecule has 2 aliphatic carbocycles. The van der Waals surface area contributed by atoms with E-state index in [1.54, 1.807) is 0 Å². The van der Waals surface area contributed by atoms with Crippen molar-refractivity contribution in [1.29, 1.82) is 0 Å². The first-order valence-corrected chi connectivity index (χ1v) is 15.5. The summed E-state index contributed by atoms with van der Waals surface area (Å²) >= 11 is 0. The molecule has 0 spiro atoms. The molecule has 3 unspecified atom stereocenters. The van der Waals surface area contributed by atoms with E-state index in [0.29, 0.717) is 13.2 Å². The van der Waals surface area contributed by atoms with Crippen molar-refractivity contribution < 1.29 is 14.2 Å². The third-order valence-corrected chi connectivity index (χ3v) is 8.62. The Morgan fingerprint density at radius 2 is 1.52 bits per heavy atom. The Morgan fingerprint density at radius 1 is 0.810 bits per heavy atom. The van der Waals surface area contributed by atoms with Crippen LogP contribution in [0.3, 0.4) is 0 Å². The quantitative estimate of drug-likeness (QED) is 0.262. The van der Waals surface area contributed by atoms with E-state index in [-0.39, 0.29) is 24.4 Å². The molecule has 0 radical (unpaired) electrons. The number of fused-ring (bicyclic) bond motifs is 1. The maximum absolute atomic E-state index is 6.67. The van der Waals surface area contributed by atoms with Crippen LogP contribution in [0.1, 0.15) is 67.9 Å². The Hall–Kier alpha value is -3.50. The van der Waals surface area contributed by atoms with Crippen LogP contribution in [0.5, 0.6) is 0 Å². The van der Waals surface area contributed by atoms with E-state index >= 15 is 0 Å². The van der Waals surface area contributed by atoms with Gasteiger partial charge in [-0.15, -0.1) is 0 Å². The van der Waals surface area contributed by atoms with Crippen LogP contribution in [0, 0.1) is 0 Å². The standard InChI is InChI=1S/C39H42O3/c1-28-22-34(36-21-12-4-3-11-20-35(28)36)24-32-18-13-19-33(23-32)37-25-38(40-26-30-14-7-5-8-15-30)39(29(2)42-37)41-27-31-16-9-6-10-17-31/h5-11,13-23,29,37-39H,3-4,12,24-27H2,1-2H3/b20-11-,36-21-/t29?,37?,38?,39-/m1/s1. The molecular weight excluding hydrogens is 516 g/mol. The highest BCUT2D eigenvalue weighted by Gasteiger charge is 2.39. The van der Waals surface area contributed by atoms with Gasteiger partial charge in [0, 0.05) is 6.42 Å². The van der Waals surface area contributed by atoms with Crippen LogP contribution in [0.2, 0.25) is 0 Å². The summed E-state index contributed by atoms with van der Waals surface area (Å²) in [6.45, 7) is 5.46. The van der Waals surface area contributed by atoms with E-state index in [4.69, 9.17) is 14.2 Å². The lowest BCUT2D eigenvalue weighted by atomic mass is 9.90. The zero-order chi connectivity index (χ0) is 28.7. The minimum atomic E-state index is -0.149. The molecule has 6 rings (SSSR count). The Labute approximate surface area is 251 Å². The molecule has 3 nitrogen and oxygen atoms in total. The molecule has 216 valence electrons. The molecule has 4 atom stereocenters. The SMILES string of the molecule is CC1=C2/C=C\CCC/C=C\2C(Cc2cccc(C3CC(OCc4ccccc4)[C@H](OCc4ccccc4)C(C)O3)c2)=C1. The van der Waals surface area contributed by atoms with Gasteiger partial charge < -0.3 is 14.2 Å². The highest BCUT2D eigenvalue weighted by molar-refractivity contribution is 5.64. The van der Waals surface area contributed by atoms with Gasteiger partial charge in [0.15, 0.2) is 0 Å². The molecular formula is C39H42O3. The van der Waals surface area contributed by atoms with Crippen LogP contribution in [-0.2, 0) is 33.8 Å². The summed E-state index contributed by atoms with van der Waals surface area (Å²) in [6, 6.07) is 29.7. The largest absolute Gasteiger partial charge is 0.371 e. The van der Waals surface area contributed by atoms with E-state index in [1.165, 1.54) is 45.4 Å². The monoisotopic (exact) mass is 558 g/mol. The van der Waals surface area contributed by atoms with Crippen LogP contribution in [-0.4, -0.2) is 18.3 Å². The average molecular weight is 559 g/mol. The first-order chi connectivity index (χ1) is 20.6. The topological polar surface area (TPSA) is 27.7 Å². The third-order valence-electron chi connectivity index (χ3n) is 8.62. The van der Waals surface area contributed by atoms with Crippen molar-refractivity contribution in [1.82, 2.24) is 0 Å². The molecule has 3 aliphatic rings. The van der Waals surface area contributed by atoms with Crippen LogP contribution >= 0.6 is 0 Å². The number of allylic oxidation sites excluding steroid dienone is 8. The van der Waals surface area contributed by atoms with Gasteiger partial charge in [0.25, 0.3) is 0 Å². The molecule has 1 fully saturated rings. The van der Waals surface area contributed by atoms with Gasteiger partial charge in [-0.05, 0) is 84.1 Å². The Kier molecular flexibility index (Phi) is 9.30. The molecule has 0 amide bonds. The predicted octanol–water partition coefficient (Wildman–Crippen LogP) is 9.17. The maximum atomic E-state index is 6.67. The van der Waals surface area contributed by atoms with Crippen LogP contribution in [0.4, 0.5) is 0 Å². The summed E-state index contributed by atoms with van der Waals surface area (Å²) in [5.74, 6) is 0. The van der Waals surface area contributed by atoms with Gasteiger partial charge in [-0.1, -0.05) is 109 Å². The summed E-state index contributed by atoms with van der Waals surface area (Å²) in [7, 11) is 0. The molecule has 3 aromatic rings. The summed E-state index contributed by atoms with van der Waals surface area (Å²) in [4.78, 5) is 0. The second-order valence-corrected chi connectivity index (χ2v) is 11.8. The maximum Gasteiger partial charge on any atom is 0.110 e. The summed E-state index contributed by atoms with van der Waals surface area (Å²) in [6.07, 6.45) is 14.3. The van der Waals surface area contributed by atoms with Gasteiger partial charge in [-0.3, -0.25) is 0 Å². The summed E-state index contributed by atoms with van der Waals surface area (Å²) in [5.41, 5.74) is 10.5. The van der Waals surface area contributed by atoms with E-state index in [0.717, 1.165) is 31.2 Å². The molecule has 0 aromatic heterocycles. The van der Waals surface area contributed by atoms with Gasteiger partial charge in [-0.2, -0.15) is 0 Å². The fraction of sp³-hybridized carbons (Fsp3) is 0.333. The first kappa shape index (κ1) is 28.6. The molecule has 0 bridgehead atoms. The summed E-state index contributed by atoms with van der Waals surface area (Å²) in [5, 5.41) is 0. The second-order valence-electron chi connectivity index (χ2n) is 11.8. The smallest absolute Gasteiger partial charge is 0.110 e. The van der Waals surface area contributed by atoms with Crippen molar-refractivity contribution in [2.24, 2.45) is 0 Å². The molecule has 1 aliphatic heterocycles. The van der Waals surface area contributed by atoms with E-state index in [9.17, 15) is 0 Å². The molecule has 0 saturated carbocycles. The lowest BCUT2D eigenvalue weighted by molar-refractivity contribution is -0.204. The number of benzene rings is 3. The Bertz CT molecular complexity index is 1460. The van der Waals surface area contributed by atoms with Crippen molar-refractivity contribution >= 4 is 0 Å². The zero-order valence-electron chi connectivity index (χ0n) is 24.9. The molecule has 42 heavy (non-hydrogen) atoms. The number of hydrogen-bond donors (Lipinski definition) is 0. The van der Waals surface area contributed by atoms with E-state index in [1.807, 2.05) is 12.1 Å². The lowest BCUT2D eigenvalue weighted by Crippen LogP contribution is -2.47. The molecule has 3 heteroatoms. The van der Waals surface area contributed by atoms with Crippen LogP contribution in [0.15, 0.2) is 132 Å². The fourth-order valence-electron chi connectivity index (χ4n) is 6.42. The highest BCUT2D eigenvalue weighted by atomic mass is 16.6. The third kappa shape index (κ3) is 6.93. The van der Waals surface area contributed by atoms with Crippen LogP contribution < -0.4 is 0 Å². The van der Waals surface area contributed by atoms with Gasteiger partial charge in [0.05, 0.1) is 31.5 Å². The Morgan fingerprint density at radius 3 is 2.29 bits per heavy atom. The van der Waals surface area contributed by atoms with Gasteiger partial charge in [-0.25, -0.2) is 0 Å². The molecule has 1 heterocycles. The zero-order valence-corrected chi connectivity index (χ0v) is 24.9. The van der Waals surface area contributed by atoms with E-state index in [2.05, 4.69) is 111 Å². The number of ether oxygens (including phenoxy) is 3. The average Bonchev–Trinajstić information content (AvgIpc) is 3.28. The fourth-order valence-corrected chi connectivity index (χ4v) is 6.42. The van der Waals surface area contributed by atoms with Gasteiger partial charge in [0.2, 0.25) is 0 Å². The van der Waals surface area contributed by atoms with Gasteiger partial charge in [0.1, 0.15) is 6.10 Å². The van der Waals surface area contributed by atoms with Gasteiger partial charge >= 0.3 is 0 Å². The second kappa shape index (κ2) is 13.6. The van der Waals surface area contributed by atoms with Crippen molar-refractivity contribution in [3.05, 3.63) is 154 Å². The summed E-state index contributed by atoms with van der Waals surface area (Å²) < 4.78 is 19.7.